The monoisotopic (exact) mass is 476 g/mol. The van der Waals surface area contributed by atoms with Gasteiger partial charge in [0.15, 0.2) is 4.34 Å². The van der Waals surface area contributed by atoms with Crippen LogP contribution in [0.3, 0.4) is 0 Å². The number of aryl methyl sites for hydroxylation is 1. The van der Waals surface area contributed by atoms with Crippen LogP contribution in [0.5, 0.6) is 5.75 Å². The number of carbonyl (C=O) groups excluding carboxylic acids is 1. The summed E-state index contributed by atoms with van der Waals surface area (Å²) in [4.78, 5) is 17.3. The molecule has 0 aliphatic heterocycles. The third-order valence-corrected chi connectivity index (χ3v) is 7.30. The van der Waals surface area contributed by atoms with Gasteiger partial charge in [0.25, 0.3) is 0 Å². The molecule has 0 atom stereocenters. The van der Waals surface area contributed by atoms with Crippen LogP contribution in [0, 0.1) is 0 Å². The van der Waals surface area contributed by atoms with Gasteiger partial charge >= 0.3 is 5.97 Å². The number of para-hydroxylation sites is 1. The Bertz CT molecular complexity index is 1170. The van der Waals surface area contributed by atoms with E-state index in [0.717, 1.165) is 25.8 Å². The molecule has 2 heterocycles. The summed E-state index contributed by atoms with van der Waals surface area (Å²) in [6.07, 6.45) is 0. The van der Waals surface area contributed by atoms with Crippen molar-refractivity contribution in [1.29, 1.82) is 0 Å². The van der Waals surface area contributed by atoms with Crippen LogP contribution in [0.1, 0.15) is 23.0 Å². The number of aromatic nitrogens is 2. The molecule has 0 spiro atoms. The number of phenols is 1. The maximum atomic E-state index is 12.7. The zero-order valence-electron chi connectivity index (χ0n) is 15.2. The van der Waals surface area contributed by atoms with Crippen molar-refractivity contribution < 1.29 is 14.6 Å². The van der Waals surface area contributed by atoms with E-state index in [1.54, 1.807) is 36.1 Å². The van der Waals surface area contributed by atoms with Gasteiger partial charge in [0.05, 0.1) is 32.4 Å². The highest BCUT2D eigenvalue weighted by Crippen LogP contribution is 2.37. The van der Waals surface area contributed by atoms with Crippen LogP contribution in [-0.4, -0.2) is 27.2 Å². The van der Waals surface area contributed by atoms with Crippen LogP contribution in [0.25, 0.3) is 21.1 Å². The molecule has 4 rings (SSSR count). The zero-order valence-corrected chi connectivity index (χ0v) is 18.4. The summed E-state index contributed by atoms with van der Waals surface area (Å²) in [5.41, 5.74) is 3.17. The van der Waals surface area contributed by atoms with Crippen molar-refractivity contribution in [2.75, 3.05) is 6.61 Å². The number of thiazole rings is 1. The van der Waals surface area contributed by atoms with E-state index in [1.807, 2.05) is 35.9 Å². The van der Waals surface area contributed by atoms with Gasteiger partial charge in [-0.05, 0) is 47.1 Å². The normalized spacial score (nSPS) is 11.4. The Morgan fingerprint density at radius 2 is 2.14 bits per heavy atom. The summed E-state index contributed by atoms with van der Waals surface area (Å²) in [6.45, 7) is 2.08. The van der Waals surface area contributed by atoms with E-state index in [0.29, 0.717) is 27.8 Å². The number of thioether (sulfide) groups is 1. The molecule has 0 unspecified atom stereocenters. The first-order valence-corrected chi connectivity index (χ1v) is 11.2. The van der Waals surface area contributed by atoms with E-state index < -0.39 is 0 Å². The average molecular weight is 477 g/mol. The van der Waals surface area contributed by atoms with E-state index in [-0.39, 0.29) is 11.7 Å². The minimum absolute atomic E-state index is 0.0917. The number of benzene rings is 2. The highest BCUT2D eigenvalue weighted by molar-refractivity contribution is 9.10. The Morgan fingerprint density at radius 3 is 2.89 bits per heavy atom. The van der Waals surface area contributed by atoms with Crippen LogP contribution >= 0.6 is 39.0 Å². The lowest BCUT2D eigenvalue weighted by atomic mass is 10.1. The molecule has 0 aliphatic carbocycles. The maximum absolute atomic E-state index is 12.7. The van der Waals surface area contributed by atoms with Crippen LogP contribution in [-0.2, 0) is 17.5 Å². The SMILES string of the molecule is CCOC(=O)c1c(CSc2nc3ccccc3s2)n(C)c2cc(Br)c(O)cc12. The molecular formula is C20H17BrN2O3S2. The number of nitrogens with zero attached hydrogens (tertiary/aromatic N) is 2. The molecular weight excluding hydrogens is 460 g/mol. The van der Waals surface area contributed by atoms with Gasteiger partial charge in [-0.3, -0.25) is 0 Å². The zero-order chi connectivity index (χ0) is 19.8. The Morgan fingerprint density at radius 1 is 1.36 bits per heavy atom. The second kappa shape index (κ2) is 7.77. The Kier molecular flexibility index (Phi) is 5.35. The molecule has 2 aromatic heterocycles. The number of rotatable bonds is 5. The number of carbonyl (C=O) groups is 1. The first-order chi connectivity index (χ1) is 13.5. The number of esters is 1. The fraction of sp³-hybridized carbons (Fsp3) is 0.200. The summed E-state index contributed by atoms with van der Waals surface area (Å²) >= 11 is 6.58. The van der Waals surface area contributed by atoms with Crippen molar-refractivity contribution in [3.05, 3.63) is 52.1 Å². The standard InChI is InChI=1S/C20H17BrN2O3S2/c1-3-26-19(25)18-11-8-16(24)12(21)9-14(11)23(2)15(18)10-27-20-22-13-6-4-5-7-17(13)28-20/h4-9,24H,3,10H2,1-2H3. The highest BCUT2D eigenvalue weighted by Gasteiger charge is 2.24. The van der Waals surface area contributed by atoms with Crippen molar-refractivity contribution >= 4 is 66.1 Å². The molecule has 4 aromatic rings. The lowest BCUT2D eigenvalue weighted by molar-refractivity contribution is 0.0527. The maximum Gasteiger partial charge on any atom is 0.340 e. The lowest BCUT2D eigenvalue weighted by Gasteiger charge is -2.06. The molecule has 0 aliphatic rings. The quantitative estimate of drug-likeness (QED) is 0.294. The third-order valence-electron chi connectivity index (χ3n) is 4.48. The van der Waals surface area contributed by atoms with Gasteiger partial charge in [0.1, 0.15) is 5.75 Å². The lowest BCUT2D eigenvalue weighted by Crippen LogP contribution is -2.08. The summed E-state index contributed by atoms with van der Waals surface area (Å²) in [7, 11) is 1.92. The van der Waals surface area contributed by atoms with Gasteiger partial charge in [-0.25, -0.2) is 9.78 Å². The summed E-state index contributed by atoms with van der Waals surface area (Å²) in [6, 6.07) is 11.5. The van der Waals surface area contributed by atoms with Crippen molar-refractivity contribution in [2.45, 2.75) is 17.0 Å². The Balaban J connectivity index is 1.76. The number of aromatic hydroxyl groups is 1. The Labute approximate surface area is 178 Å². The number of phenolic OH excluding ortho intramolecular Hbond substituents is 1. The number of hydrogen-bond acceptors (Lipinski definition) is 6. The Hall–Kier alpha value is -2.03. The van der Waals surface area contributed by atoms with E-state index >= 15 is 0 Å². The summed E-state index contributed by atoms with van der Waals surface area (Å²) in [5, 5.41) is 10.8. The first-order valence-electron chi connectivity index (χ1n) is 8.64. The van der Waals surface area contributed by atoms with Gasteiger partial charge < -0.3 is 14.4 Å². The number of hydrogen-bond donors (Lipinski definition) is 1. The van der Waals surface area contributed by atoms with Gasteiger partial charge in [0, 0.05) is 23.9 Å². The minimum atomic E-state index is -0.380. The molecule has 0 saturated heterocycles. The predicted octanol–water partition coefficient (Wildman–Crippen LogP) is 5.73. The van der Waals surface area contributed by atoms with Gasteiger partial charge in [0.2, 0.25) is 0 Å². The number of halogens is 1. The average Bonchev–Trinajstić information content (AvgIpc) is 3.20. The summed E-state index contributed by atoms with van der Waals surface area (Å²) < 4.78 is 9.94. The van der Waals surface area contributed by atoms with Gasteiger partial charge in [-0.2, -0.15) is 0 Å². The largest absolute Gasteiger partial charge is 0.507 e. The second-order valence-electron chi connectivity index (χ2n) is 6.16. The van der Waals surface area contributed by atoms with Crippen LogP contribution in [0.2, 0.25) is 0 Å². The third kappa shape index (κ3) is 3.40. The van der Waals surface area contributed by atoms with Crippen LogP contribution < -0.4 is 0 Å². The van der Waals surface area contributed by atoms with Crippen molar-refractivity contribution in [1.82, 2.24) is 9.55 Å². The molecule has 0 bridgehead atoms. The van der Waals surface area contributed by atoms with E-state index in [4.69, 9.17) is 4.74 Å². The number of ether oxygens (including phenoxy) is 1. The van der Waals surface area contributed by atoms with E-state index in [2.05, 4.69) is 27.0 Å². The molecule has 0 saturated carbocycles. The van der Waals surface area contributed by atoms with Crippen LogP contribution in [0.15, 0.2) is 45.2 Å². The molecule has 2 aromatic carbocycles. The second-order valence-corrected chi connectivity index (χ2v) is 9.27. The van der Waals surface area contributed by atoms with Gasteiger partial charge in [-0.1, -0.05) is 23.9 Å². The van der Waals surface area contributed by atoms with Crippen molar-refractivity contribution in [2.24, 2.45) is 7.05 Å². The van der Waals surface area contributed by atoms with Crippen molar-refractivity contribution in [3.8, 4) is 5.75 Å². The minimum Gasteiger partial charge on any atom is -0.507 e. The number of fused-ring (bicyclic) bond motifs is 2. The predicted molar refractivity (Wildman–Crippen MR) is 117 cm³/mol. The topological polar surface area (TPSA) is 64.3 Å². The van der Waals surface area contributed by atoms with Crippen LogP contribution in [0.4, 0.5) is 0 Å². The van der Waals surface area contributed by atoms with E-state index in [1.165, 1.54) is 0 Å². The smallest absolute Gasteiger partial charge is 0.340 e. The fourth-order valence-electron chi connectivity index (χ4n) is 3.14. The molecule has 8 heteroatoms. The molecule has 1 N–H and O–H groups in total. The molecule has 0 radical (unpaired) electrons. The first kappa shape index (κ1) is 19.3. The molecule has 0 fully saturated rings. The summed E-state index contributed by atoms with van der Waals surface area (Å²) in [5.74, 6) is 0.279. The highest BCUT2D eigenvalue weighted by atomic mass is 79.9. The molecule has 5 nitrogen and oxygen atoms in total. The molecule has 28 heavy (non-hydrogen) atoms. The van der Waals surface area contributed by atoms with E-state index in [9.17, 15) is 9.90 Å². The fourth-order valence-corrected chi connectivity index (χ4v) is 5.61. The van der Waals surface area contributed by atoms with Crippen molar-refractivity contribution in [3.63, 3.8) is 0 Å². The van der Waals surface area contributed by atoms with Gasteiger partial charge in [-0.15, -0.1) is 11.3 Å². The molecule has 144 valence electrons. The molecule has 0 amide bonds.